The number of benzene rings is 1. The lowest BCUT2D eigenvalue weighted by molar-refractivity contribution is -0.192. The van der Waals surface area contributed by atoms with Crippen LogP contribution >= 0.6 is 0 Å². The average Bonchev–Trinajstić information content (AvgIpc) is 3.47. The van der Waals surface area contributed by atoms with E-state index in [0.29, 0.717) is 24.6 Å². The number of carboxylic acid groups (broad SMARTS) is 1. The molecule has 1 amide bonds. The molecule has 0 aromatic heterocycles. The van der Waals surface area contributed by atoms with Gasteiger partial charge in [0.05, 0.1) is 25.3 Å². The lowest BCUT2D eigenvalue weighted by Crippen LogP contribution is -2.54. The van der Waals surface area contributed by atoms with E-state index in [9.17, 15) is 23.2 Å². The van der Waals surface area contributed by atoms with Crippen molar-refractivity contribution in [2.75, 3.05) is 13.2 Å². The van der Waals surface area contributed by atoms with Crippen molar-refractivity contribution in [2.45, 2.75) is 81.5 Å². The molecule has 0 spiro atoms. The Morgan fingerprint density at radius 2 is 1.76 bits per heavy atom. The second-order valence-corrected chi connectivity index (χ2v) is 10.4. The fourth-order valence-electron chi connectivity index (χ4n) is 6.17. The van der Waals surface area contributed by atoms with Crippen LogP contribution in [-0.2, 0) is 20.9 Å². The highest BCUT2D eigenvalue weighted by Crippen LogP contribution is 2.48. The Morgan fingerprint density at radius 3 is 2.32 bits per heavy atom. The SMILES string of the molecule is N#C[C@@H]1C[C@@H]2C[C@@H]2N1C(=O)[C@@H](N)C1CC2CCC(C1)N2CCOCc1ccccc1.O=C(O)C(F)(F)F. The van der Waals surface area contributed by atoms with Gasteiger partial charge >= 0.3 is 12.1 Å². The van der Waals surface area contributed by atoms with Crippen LogP contribution < -0.4 is 5.73 Å². The van der Waals surface area contributed by atoms with Crippen LogP contribution in [0.5, 0.6) is 0 Å². The molecule has 1 saturated carbocycles. The number of halogens is 3. The first-order chi connectivity index (χ1) is 17.6. The van der Waals surface area contributed by atoms with E-state index in [1.807, 2.05) is 23.1 Å². The minimum absolute atomic E-state index is 0.0237. The van der Waals surface area contributed by atoms with Gasteiger partial charge in [-0.1, -0.05) is 30.3 Å². The second-order valence-electron chi connectivity index (χ2n) is 10.4. The van der Waals surface area contributed by atoms with Gasteiger partial charge in [0.2, 0.25) is 5.91 Å². The number of nitriles is 1. The smallest absolute Gasteiger partial charge is 0.475 e. The molecule has 37 heavy (non-hydrogen) atoms. The summed E-state index contributed by atoms with van der Waals surface area (Å²) < 4.78 is 37.6. The number of piperidine rings is 2. The van der Waals surface area contributed by atoms with Crippen LogP contribution in [0.1, 0.15) is 44.1 Å². The zero-order valence-electron chi connectivity index (χ0n) is 20.5. The number of carboxylic acids is 1. The van der Waals surface area contributed by atoms with Gasteiger partial charge in [0.1, 0.15) is 6.04 Å². The van der Waals surface area contributed by atoms with Crippen molar-refractivity contribution >= 4 is 11.9 Å². The van der Waals surface area contributed by atoms with Crippen molar-refractivity contribution in [3.05, 3.63) is 35.9 Å². The third-order valence-corrected chi connectivity index (χ3v) is 8.07. The van der Waals surface area contributed by atoms with Gasteiger partial charge in [0, 0.05) is 24.7 Å². The summed E-state index contributed by atoms with van der Waals surface area (Å²) in [5, 5.41) is 16.5. The number of rotatable bonds is 7. The first-order valence-electron chi connectivity index (χ1n) is 12.7. The third kappa shape index (κ3) is 6.43. The van der Waals surface area contributed by atoms with E-state index in [1.165, 1.54) is 18.4 Å². The summed E-state index contributed by atoms with van der Waals surface area (Å²) in [6.45, 7) is 2.34. The fraction of sp³-hybridized carbons (Fsp3) is 0.654. The Bertz CT molecular complexity index is 988. The molecule has 2 bridgehead atoms. The number of likely N-dealkylation sites (tertiary alicyclic amines) is 1. The second kappa shape index (κ2) is 11.4. The highest BCUT2D eigenvalue weighted by Gasteiger charge is 2.55. The van der Waals surface area contributed by atoms with Gasteiger partial charge in [-0.3, -0.25) is 9.69 Å². The molecule has 3 heterocycles. The highest BCUT2D eigenvalue weighted by molar-refractivity contribution is 5.84. The number of carbonyl (C=O) groups is 2. The third-order valence-electron chi connectivity index (χ3n) is 8.07. The molecule has 11 heteroatoms. The molecule has 4 aliphatic rings. The number of nitrogens with zero attached hydrogens (tertiary/aromatic N) is 3. The van der Waals surface area contributed by atoms with Gasteiger partial charge in [-0.05, 0) is 55.9 Å². The van der Waals surface area contributed by atoms with Crippen molar-refractivity contribution in [3.8, 4) is 6.07 Å². The Labute approximate surface area is 214 Å². The lowest BCUT2D eigenvalue weighted by atomic mass is 9.84. The molecule has 3 N–H and O–H groups in total. The molecule has 4 fully saturated rings. The molecule has 1 aromatic carbocycles. The number of aliphatic carboxylic acids is 1. The van der Waals surface area contributed by atoms with Gasteiger partial charge < -0.3 is 20.5 Å². The molecule has 3 saturated heterocycles. The molecular weight excluding hydrogens is 489 g/mol. The van der Waals surface area contributed by atoms with Crippen LogP contribution in [0.15, 0.2) is 30.3 Å². The number of hydrogen-bond donors (Lipinski definition) is 2. The van der Waals surface area contributed by atoms with Crippen LogP contribution in [-0.4, -0.2) is 76.3 Å². The number of nitrogens with two attached hydrogens (primary N) is 1. The molecule has 8 nitrogen and oxygen atoms in total. The molecule has 1 aliphatic carbocycles. The Morgan fingerprint density at radius 1 is 1.14 bits per heavy atom. The first kappa shape index (κ1) is 27.4. The Balaban J connectivity index is 0.000000405. The number of hydrogen-bond acceptors (Lipinski definition) is 6. The molecule has 0 radical (unpaired) electrons. The maximum absolute atomic E-state index is 13.1. The van der Waals surface area contributed by atoms with Crippen LogP contribution in [0.3, 0.4) is 0 Å². The highest BCUT2D eigenvalue weighted by atomic mass is 19.4. The summed E-state index contributed by atoms with van der Waals surface area (Å²) in [6, 6.07) is 13.2. The standard InChI is InChI=1S/C24H32N4O2.C2HF3O2/c25-14-21-10-17-13-22(17)28(21)24(29)23(26)18-11-19-6-7-20(12-18)27(19)8-9-30-15-16-4-2-1-3-5-16;3-2(4,5)1(6)7/h1-5,17-23H,6-13,15,26H2;(H,6,7)/t17-,18?,19?,20?,21+,22+,23+;/m1./s1. The molecule has 1 aromatic rings. The fourth-order valence-corrected chi connectivity index (χ4v) is 6.17. The van der Waals surface area contributed by atoms with E-state index in [0.717, 1.165) is 38.8 Å². The van der Waals surface area contributed by atoms with Crippen LogP contribution in [0.4, 0.5) is 13.2 Å². The van der Waals surface area contributed by atoms with Crippen molar-refractivity contribution in [1.82, 2.24) is 9.80 Å². The van der Waals surface area contributed by atoms with Crippen molar-refractivity contribution < 1.29 is 32.6 Å². The predicted octanol–water partition coefficient (Wildman–Crippen LogP) is 2.92. The minimum Gasteiger partial charge on any atom is -0.475 e. The normalized spacial score (nSPS) is 31.1. The summed E-state index contributed by atoms with van der Waals surface area (Å²) in [4.78, 5) is 26.4. The summed E-state index contributed by atoms with van der Waals surface area (Å²) in [5.74, 6) is -1.96. The quantitative estimate of drug-likeness (QED) is 0.529. The summed E-state index contributed by atoms with van der Waals surface area (Å²) in [7, 11) is 0. The monoisotopic (exact) mass is 522 g/mol. The van der Waals surface area contributed by atoms with Crippen molar-refractivity contribution in [3.63, 3.8) is 0 Å². The summed E-state index contributed by atoms with van der Waals surface area (Å²) >= 11 is 0. The summed E-state index contributed by atoms with van der Waals surface area (Å²) in [5.41, 5.74) is 7.72. The number of fused-ring (bicyclic) bond motifs is 3. The number of ether oxygens (including phenoxy) is 1. The lowest BCUT2D eigenvalue weighted by Gasteiger charge is -2.41. The van der Waals surface area contributed by atoms with Crippen molar-refractivity contribution in [1.29, 1.82) is 5.26 Å². The number of amides is 1. The topological polar surface area (TPSA) is 120 Å². The molecular formula is C26H33F3N4O4. The number of carbonyl (C=O) groups excluding carboxylic acids is 1. The molecule has 6 atom stereocenters. The average molecular weight is 523 g/mol. The van der Waals surface area contributed by atoms with E-state index in [4.69, 9.17) is 20.4 Å². The Kier molecular flexibility index (Phi) is 8.41. The molecule has 3 aliphatic heterocycles. The van der Waals surface area contributed by atoms with E-state index < -0.39 is 18.2 Å². The van der Waals surface area contributed by atoms with E-state index in [1.54, 1.807) is 0 Å². The number of alkyl halides is 3. The van der Waals surface area contributed by atoms with E-state index in [-0.39, 0.29) is 23.9 Å². The Hall–Kier alpha value is -2.68. The van der Waals surface area contributed by atoms with E-state index in [2.05, 4.69) is 23.1 Å². The summed E-state index contributed by atoms with van der Waals surface area (Å²) in [6.07, 6.45) is 1.17. The van der Waals surface area contributed by atoms with Gasteiger partial charge in [-0.2, -0.15) is 18.4 Å². The molecule has 5 rings (SSSR count). The largest absolute Gasteiger partial charge is 0.490 e. The molecule has 202 valence electrons. The maximum atomic E-state index is 13.1. The van der Waals surface area contributed by atoms with Crippen LogP contribution in [0.2, 0.25) is 0 Å². The van der Waals surface area contributed by atoms with Gasteiger partial charge in [-0.25, -0.2) is 4.79 Å². The van der Waals surface area contributed by atoms with Crippen LogP contribution in [0.25, 0.3) is 0 Å². The zero-order chi connectivity index (χ0) is 26.7. The van der Waals surface area contributed by atoms with E-state index >= 15 is 0 Å². The van der Waals surface area contributed by atoms with Gasteiger partial charge in [0.25, 0.3) is 0 Å². The van der Waals surface area contributed by atoms with Crippen LogP contribution in [0, 0.1) is 23.2 Å². The minimum atomic E-state index is -5.08. The maximum Gasteiger partial charge on any atom is 0.490 e. The zero-order valence-corrected chi connectivity index (χ0v) is 20.5. The van der Waals surface area contributed by atoms with Crippen molar-refractivity contribution in [2.24, 2.45) is 17.6 Å². The van der Waals surface area contributed by atoms with Gasteiger partial charge in [-0.15, -0.1) is 0 Å². The molecule has 2 unspecified atom stereocenters. The van der Waals surface area contributed by atoms with Gasteiger partial charge in [0.15, 0.2) is 0 Å². The predicted molar refractivity (Wildman–Crippen MR) is 127 cm³/mol. The first-order valence-corrected chi connectivity index (χ1v) is 12.7.